The molecular weight excluding hydrogens is 348 g/mol. The number of aliphatic hydroxyl groups excluding tert-OH is 1. The summed E-state index contributed by atoms with van der Waals surface area (Å²) < 4.78 is 0. The summed E-state index contributed by atoms with van der Waals surface area (Å²) in [4.78, 5) is 27.4. The number of nitro groups is 1. The van der Waals surface area contributed by atoms with Crippen LogP contribution in [0.2, 0.25) is 0 Å². The SMILES string of the molecule is O=C(N[C@H]1CCCN(c2ccc([N+](=O)[O-])cc2)C1)N1[C@@H]2CC[C@H]1C[C@@H](O)C2. The number of carbonyl (C=O) groups is 1. The molecule has 4 atom stereocenters. The molecule has 3 heterocycles. The van der Waals surface area contributed by atoms with Crippen LogP contribution in [0.1, 0.15) is 38.5 Å². The van der Waals surface area contributed by atoms with Crippen molar-refractivity contribution in [3.63, 3.8) is 0 Å². The average Bonchev–Trinajstić information content (AvgIpc) is 2.93. The van der Waals surface area contributed by atoms with Gasteiger partial charge in [-0.25, -0.2) is 4.79 Å². The van der Waals surface area contributed by atoms with E-state index in [0.717, 1.165) is 37.9 Å². The van der Waals surface area contributed by atoms with Crippen molar-refractivity contribution in [2.24, 2.45) is 0 Å². The van der Waals surface area contributed by atoms with E-state index in [9.17, 15) is 20.0 Å². The zero-order valence-corrected chi connectivity index (χ0v) is 15.3. The summed E-state index contributed by atoms with van der Waals surface area (Å²) in [5.41, 5.74) is 1.03. The van der Waals surface area contributed by atoms with Crippen molar-refractivity contribution in [3.8, 4) is 0 Å². The van der Waals surface area contributed by atoms with Crippen LogP contribution in [0.25, 0.3) is 0 Å². The summed E-state index contributed by atoms with van der Waals surface area (Å²) in [6.45, 7) is 1.58. The normalized spacial score (nSPS) is 30.3. The lowest BCUT2D eigenvalue weighted by molar-refractivity contribution is -0.384. The van der Waals surface area contributed by atoms with E-state index in [1.165, 1.54) is 12.1 Å². The molecule has 3 saturated heterocycles. The number of fused-ring (bicyclic) bond motifs is 2. The Hall–Kier alpha value is -2.35. The number of piperidine rings is 2. The highest BCUT2D eigenvalue weighted by molar-refractivity contribution is 5.76. The largest absolute Gasteiger partial charge is 0.393 e. The van der Waals surface area contributed by atoms with E-state index in [2.05, 4.69) is 10.2 Å². The van der Waals surface area contributed by atoms with Crippen LogP contribution >= 0.6 is 0 Å². The van der Waals surface area contributed by atoms with Crippen molar-refractivity contribution in [2.45, 2.75) is 62.8 Å². The zero-order valence-electron chi connectivity index (χ0n) is 15.3. The minimum Gasteiger partial charge on any atom is -0.393 e. The first kappa shape index (κ1) is 18.0. The van der Waals surface area contributed by atoms with Gasteiger partial charge in [0.1, 0.15) is 0 Å². The maximum Gasteiger partial charge on any atom is 0.318 e. The monoisotopic (exact) mass is 374 g/mol. The number of aliphatic hydroxyl groups is 1. The number of hydrogen-bond donors (Lipinski definition) is 2. The Labute approximate surface area is 158 Å². The first-order valence-corrected chi connectivity index (χ1v) is 9.77. The second-order valence-electron chi connectivity index (χ2n) is 7.93. The van der Waals surface area contributed by atoms with E-state index in [4.69, 9.17) is 0 Å². The van der Waals surface area contributed by atoms with Crippen LogP contribution in [-0.2, 0) is 0 Å². The molecular formula is C19H26N4O4. The van der Waals surface area contributed by atoms with Gasteiger partial charge in [-0.15, -0.1) is 0 Å². The molecule has 2 bridgehead atoms. The number of rotatable bonds is 3. The van der Waals surface area contributed by atoms with Crippen molar-refractivity contribution < 1.29 is 14.8 Å². The summed E-state index contributed by atoms with van der Waals surface area (Å²) in [6.07, 6.45) is 4.95. The molecule has 27 heavy (non-hydrogen) atoms. The molecule has 1 aromatic carbocycles. The van der Waals surface area contributed by atoms with E-state index in [-0.39, 0.29) is 35.9 Å². The molecule has 3 aliphatic rings. The predicted molar refractivity (Wildman–Crippen MR) is 101 cm³/mol. The van der Waals surface area contributed by atoms with Crippen molar-refractivity contribution in [1.82, 2.24) is 10.2 Å². The van der Waals surface area contributed by atoms with E-state index >= 15 is 0 Å². The second-order valence-corrected chi connectivity index (χ2v) is 7.93. The molecule has 0 aromatic heterocycles. The molecule has 0 aliphatic carbocycles. The molecule has 3 aliphatic heterocycles. The van der Waals surface area contributed by atoms with Crippen LogP contribution in [0, 0.1) is 10.1 Å². The van der Waals surface area contributed by atoms with Crippen molar-refractivity contribution >= 4 is 17.4 Å². The van der Waals surface area contributed by atoms with E-state index in [0.29, 0.717) is 19.4 Å². The molecule has 4 rings (SSSR count). The minimum atomic E-state index is -0.396. The number of nitrogens with one attached hydrogen (secondary N) is 1. The Morgan fingerprint density at radius 3 is 2.44 bits per heavy atom. The molecule has 0 radical (unpaired) electrons. The highest BCUT2D eigenvalue weighted by Gasteiger charge is 2.43. The van der Waals surface area contributed by atoms with Gasteiger partial charge in [-0.1, -0.05) is 0 Å². The van der Waals surface area contributed by atoms with Crippen LogP contribution in [-0.4, -0.2) is 58.3 Å². The highest BCUT2D eigenvalue weighted by atomic mass is 16.6. The number of urea groups is 1. The maximum absolute atomic E-state index is 12.8. The predicted octanol–water partition coefficient (Wildman–Crippen LogP) is 2.26. The Morgan fingerprint density at radius 2 is 1.81 bits per heavy atom. The summed E-state index contributed by atoms with van der Waals surface area (Å²) >= 11 is 0. The van der Waals surface area contributed by atoms with E-state index < -0.39 is 4.92 Å². The summed E-state index contributed by atoms with van der Waals surface area (Å²) in [5, 5.41) is 23.9. The van der Waals surface area contributed by atoms with Crippen LogP contribution in [0.5, 0.6) is 0 Å². The molecule has 8 nitrogen and oxygen atoms in total. The first-order valence-electron chi connectivity index (χ1n) is 9.77. The van der Waals surface area contributed by atoms with E-state index in [1.54, 1.807) is 12.1 Å². The second kappa shape index (κ2) is 7.34. The van der Waals surface area contributed by atoms with Gasteiger partial charge in [-0.05, 0) is 50.7 Å². The summed E-state index contributed by atoms with van der Waals surface area (Å²) in [6, 6.07) is 6.96. The molecule has 146 valence electrons. The van der Waals surface area contributed by atoms with E-state index in [1.807, 2.05) is 4.90 Å². The number of amides is 2. The van der Waals surface area contributed by atoms with Gasteiger partial charge < -0.3 is 20.2 Å². The lowest BCUT2D eigenvalue weighted by atomic mass is 10.00. The Balaban J connectivity index is 1.37. The van der Waals surface area contributed by atoms with Gasteiger partial charge in [-0.2, -0.15) is 0 Å². The Bertz CT molecular complexity index is 696. The quantitative estimate of drug-likeness (QED) is 0.625. The minimum absolute atomic E-state index is 0.00931. The van der Waals surface area contributed by atoms with Gasteiger partial charge in [0.25, 0.3) is 5.69 Å². The first-order chi connectivity index (χ1) is 13.0. The van der Waals surface area contributed by atoms with Crippen molar-refractivity contribution in [3.05, 3.63) is 34.4 Å². The van der Waals surface area contributed by atoms with Gasteiger partial charge in [0.05, 0.1) is 11.0 Å². The Morgan fingerprint density at radius 1 is 1.15 bits per heavy atom. The maximum atomic E-state index is 12.8. The van der Waals surface area contributed by atoms with Crippen LogP contribution in [0.4, 0.5) is 16.2 Å². The zero-order chi connectivity index (χ0) is 19.0. The molecule has 2 amide bonds. The third kappa shape index (κ3) is 3.71. The standard InChI is InChI=1S/C19H26N4O4/c24-18-10-16-7-8-17(11-18)22(16)19(25)20-13-2-1-9-21(12-13)14-3-5-15(6-4-14)23(26)27/h3-6,13,16-18,24H,1-2,7-12H2,(H,20,25)/t13-,16-,17+,18+/m0/s1. The third-order valence-electron chi connectivity index (χ3n) is 6.12. The lowest BCUT2D eigenvalue weighted by Gasteiger charge is -2.40. The number of carbonyl (C=O) groups excluding carboxylic acids is 1. The third-order valence-corrected chi connectivity index (χ3v) is 6.12. The van der Waals surface area contributed by atoms with Crippen molar-refractivity contribution in [2.75, 3.05) is 18.0 Å². The number of non-ortho nitro benzene ring substituents is 1. The number of hydrogen-bond acceptors (Lipinski definition) is 5. The molecule has 3 fully saturated rings. The number of nitrogens with zero attached hydrogens (tertiary/aromatic N) is 3. The summed E-state index contributed by atoms with van der Waals surface area (Å²) in [7, 11) is 0. The fraction of sp³-hybridized carbons (Fsp3) is 0.632. The van der Waals surface area contributed by atoms with Crippen LogP contribution < -0.4 is 10.2 Å². The smallest absolute Gasteiger partial charge is 0.318 e. The number of nitro benzene ring substituents is 1. The van der Waals surface area contributed by atoms with Gasteiger partial charge >= 0.3 is 6.03 Å². The molecule has 0 unspecified atom stereocenters. The number of anilines is 1. The molecule has 0 spiro atoms. The fourth-order valence-electron chi connectivity index (χ4n) is 4.84. The van der Waals surface area contributed by atoms with Crippen LogP contribution in [0.15, 0.2) is 24.3 Å². The lowest BCUT2D eigenvalue weighted by Crippen LogP contribution is -2.56. The van der Waals surface area contributed by atoms with Gasteiger partial charge in [0, 0.05) is 49.0 Å². The van der Waals surface area contributed by atoms with Crippen molar-refractivity contribution in [1.29, 1.82) is 0 Å². The molecule has 1 aromatic rings. The van der Waals surface area contributed by atoms with Gasteiger partial charge in [0.2, 0.25) is 0 Å². The average molecular weight is 374 g/mol. The van der Waals surface area contributed by atoms with Gasteiger partial charge in [-0.3, -0.25) is 10.1 Å². The Kier molecular flexibility index (Phi) is 4.90. The number of benzene rings is 1. The van der Waals surface area contributed by atoms with Crippen LogP contribution in [0.3, 0.4) is 0 Å². The molecule has 8 heteroatoms. The topological polar surface area (TPSA) is 99.0 Å². The highest BCUT2D eigenvalue weighted by Crippen LogP contribution is 2.35. The molecule has 2 N–H and O–H groups in total. The summed E-state index contributed by atoms with van der Waals surface area (Å²) in [5.74, 6) is 0. The molecule has 0 saturated carbocycles. The fourth-order valence-corrected chi connectivity index (χ4v) is 4.84. The van der Waals surface area contributed by atoms with Gasteiger partial charge in [0.15, 0.2) is 0 Å².